The third kappa shape index (κ3) is 6.90. The van der Waals surface area contributed by atoms with Gasteiger partial charge in [0.15, 0.2) is 9.84 Å². The Morgan fingerprint density at radius 2 is 1.49 bits per heavy atom. The zero-order valence-electron chi connectivity index (χ0n) is 21.5. The maximum Gasteiger partial charge on any atom is 0.417 e. The molecule has 4 rings (SSSR count). The van der Waals surface area contributed by atoms with Gasteiger partial charge in [-0.25, -0.2) is 12.8 Å². The van der Waals surface area contributed by atoms with E-state index in [1.807, 2.05) is 25.2 Å². The maximum atomic E-state index is 15.5. The molecule has 0 aromatic heterocycles. The number of halogens is 1. The number of hydrogen-bond donors (Lipinski definition) is 1. The summed E-state index contributed by atoms with van der Waals surface area (Å²) in [5, 5.41) is -1.43. The van der Waals surface area contributed by atoms with Gasteiger partial charge in [-0.1, -0.05) is 44.2 Å². The Morgan fingerprint density at radius 3 is 2.05 bits per heavy atom. The number of rotatable bonds is 11. The van der Waals surface area contributed by atoms with Gasteiger partial charge in [0, 0.05) is 11.8 Å². The molecule has 1 saturated heterocycles. The molecule has 0 radical (unpaired) electrons. The summed E-state index contributed by atoms with van der Waals surface area (Å²) in [6.07, 6.45) is 1.94. The molecule has 1 fully saturated rings. The Morgan fingerprint density at radius 1 is 0.897 bits per heavy atom. The topological polar surface area (TPSA) is 108 Å². The van der Waals surface area contributed by atoms with Crippen molar-refractivity contribution in [3.05, 3.63) is 84.4 Å². The highest BCUT2D eigenvalue weighted by molar-refractivity contribution is 8.15. The number of carbonyl (C=O) groups excluding carboxylic acids is 2. The van der Waals surface area contributed by atoms with Gasteiger partial charge in [0.2, 0.25) is 0 Å². The lowest BCUT2D eigenvalue weighted by Crippen LogP contribution is -2.48. The van der Waals surface area contributed by atoms with Gasteiger partial charge in [0.1, 0.15) is 17.2 Å². The van der Waals surface area contributed by atoms with Gasteiger partial charge in [-0.05, 0) is 72.6 Å². The van der Waals surface area contributed by atoms with Gasteiger partial charge in [-0.2, -0.15) is 0 Å². The Balaban J connectivity index is 1.74. The summed E-state index contributed by atoms with van der Waals surface area (Å²) < 4.78 is 58.3. The second kappa shape index (κ2) is 11.3. The predicted octanol–water partition coefficient (Wildman–Crippen LogP) is 5.82. The number of alkyl halides is 1. The molecule has 3 aromatic carbocycles. The van der Waals surface area contributed by atoms with E-state index in [-0.39, 0.29) is 46.1 Å². The molecule has 0 spiro atoms. The molecule has 8 nitrogen and oxygen atoms in total. The average Bonchev–Trinajstić information content (AvgIpc) is 3.15. The molecule has 1 aliphatic heterocycles. The van der Waals surface area contributed by atoms with E-state index in [9.17, 15) is 18.0 Å². The van der Waals surface area contributed by atoms with Crippen LogP contribution in [-0.2, 0) is 19.6 Å². The normalized spacial score (nSPS) is 18.9. The van der Waals surface area contributed by atoms with Crippen LogP contribution in [0.5, 0.6) is 17.2 Å². The molecule has 0 bridgehead atoms. The lowest BCUT2D eigenvalue weighted by Gasteiger charge is -2.35. The summed E-state index contributed by atoms with van der Waals surface area (Å²) in [5.74, 6) is -1.76. The third-order valence-electron chi connectivity index (χ3n) is 5.79. The average molecular weight is 574 g/mol. The minimum atomic E-state index is -3.42. The smallest absolute Gasteiger partial charge is 0.417 e. The number of imide groups is 1. The maximum absolute atomic E-state index is 15.5. The number of hydrogen-bond acceptors (Lipinski definition) is 8. The Bertz CT molecular complexity index is 1450. The molecule has 206 valence electrons. The molecule has 2 amide bonds. The monoisotopic (exact) mass is 573 g/mol. The fourth-order valence-electron chi connectivity index (χ4n) is 3.79. The Hall–Kier alpha value is -3.57. The highest BCUT2D eigenvalue weighted by atomic mass is 32.2. The second-order valence-electron chi connectivity index (χ2n) is 9.45. The largest absolute Gasteiger partial charge is 0.421 e. The van der Waals surface area contributed by atoms with E-state index in [1.165, 1.54) is 42.5 Å². The molecular weight excluding hydrogens is 545 g/mol. The number of para-hydroxylation sites is 1. The summed E-state index contributed by atoms with van der Waals surface area (Å²) in [7, 11) is -3.42. The first-order valence-electron chi connectivity index (χ1n) is 12.1. The Labute approximate surface area is 230 Å². The zero-order valence-corrected chi connectivity index (χ0v) is 23.2. The summed E-state index contributed by atoms with van der Waals surface area (Å²) >= 11 is 0.245. The fraction of sp³-hybridized carbons (Fsp3) is 0.286. The number of nitrogens with one attached hydrogen (secondary N) is 1. The molecule has 2 atom stereocenters. The van der Waals surface area contributed by atoms with Gasteiger partial charge < -0.3 is 14.2 Å². The van der Waals surface area contributed by atoms with Gasteiger partial charge in [-0.15, -0.1) is 0 Å². The standard InChI is InChI=1S/C28H28FNO7S2/c1-19(2)16-17-27(35-21-9-5-4-6-10-21,36-22-12-14-24(15-13-22)39(3,33)34)37-23-11-7-8-20(18-23)28(29)25(31)30-26(32)38-28/h4-15,18-19H,16-17H2,1-3H3,(H,30,31,32). The molecular formula is C28H28FNO7S2. The van der Waals surface area contributed by atoms with E-state index in [0.717, 1.165) is 6.26 Å². The van der Waals surface area contributed by atoms with E-state index in [2.05, 4.69) is 0 Å². The van der Waals surface area contributed by atoms with Crippen molar-refractivity contribution < 1.29 is 36.6 Å². The van der Waals surface area contributed by atoms with Crippen molar-refractivity contribution in [2.24, 2.45) is 5.92 Å². The van der Waals surface area contributed by atoms with Crippen LogP contribution in [0, 0.1) is 5.92 Å². The number of ether oxygens (including phenoxy) is 3. The van der Waals surface area contributed by atoms with Crippen molar-refractivity contribution in [1.29, 1.82) is 0 Å². The first-order valence-corrected chi connectivity index (χ1v) is 14.9. The summed E-state index contributed by atoms with van der Waals surface area (Å²) in [6.45, 7) is 4.04. The minimum Gasteiger partial charge on any atom is -0.421 e. The number of carbonyl (C=O) groups is 2. The lowest BCUT2D eigenvalue weighted by molar-refractivity contribution is -0.258. The van der Waals surface area contributed by atoms with Gasteiger partial charge in [0.25, 0.3) is 16.1 Å². The van der Waals surface area contributed by atoms with Crippen LogP contribution in [0.3, 0.4) is 0 Å². The number of thioether (sulfide) groups is 1. The van der Waals surface area contributed by atoms with Gasteiger partial charge in [0.05, 0.1) is 11.3 Å². The van der Waals surface area contributed by atoms with Crippen LogP contribution < -0.4 is 19.5 Å². The van der Waals surface area contributed by atoms with E-state index < -0.39 is 32.0 Å². The first kappa shape index (κ1) is 28.4. The number of benzene rings is 3. The molecule has 0 aliphatic carbocycles. The highest BCUT2D eigenvalue weighted by Gasteiger charge is 2.50. The zero-order chi connectivity index (χ0) is 28.3. The van der Waals surface area contributed by atoms with Crippen LogP contribution >= 0.6 is 11.8 Å². The van der Waals surface area contributed by atoms with Crippen LogP contribution in [-0.4, -0.2) is 31.8 Å². The summed E-state index contributed by atoms with van der Waals surface area (Å²) in [6, 6.07) is 20.4. The number of sulfone groups is 1. The predicted molar refractivity (Wildman–Crippen MR) is 145 cm³/mol. The first-order chi connectivity index (χ1) is 18.4. The van der Waals surface area contributed by atoms with Gasteiger partial charge in [-0.3, -0.25) is 14.9 Å². The van der Waals surface area contributed by atoms with Crippen molar-refractivity contribution in [3.8, 4) is 17.2 Å². The van der Waals surface area contributed by atoms with Crippen LogP contribution in [0.25, 0.3) is 0 Å². The van der Waals surface area contributed by atoms with Crippen molar-refractivity contribution in [3.63, 3.8) is 0 Å². The van der Waals surface area contributed by atoms with Crippen LogP contribution in [0.1, 0.15) is 32.3 Å². The minimum absolute atomic E-state index is 0.0803. The fourth-order valence-corrected chi connectivity index (χ4v) is 5.20. The van der Waals surface area contributed by atoms with E-state index in [0.29, 0.717) is 12.2 Å². The van der Waals surface area contributed by atoms with E-state index in [1.54, 1.807) is 30.3 Å². The molecule has 0 saturated carbocycles. The quantitative estimate of drug-likeness (QED) is 0.286. The lowest BCUT2D eigenvalue weighted by atomic mass is 10.1. The second-order valence-corrected chi connectivity index (χ2v) is 12.6. The van der Waals surface area contributed by atoms with Crippen molar-refractivity contribution >= 4 is 32.7 Å². The molecule has 1 aliphatic rings. The van der Waals surface area contributed by atoms with Crippen LogP contribution in [0.2, 0.25) is 0 Å². The SMILES string of the molecule is CC(C)CCC(Oc1ccccc1)(Oc1ccc(S(C)(=O)=O)cc1)Oc1cccc(C2(F)SC(=O)NC2=O)c1. The molecule has 11 heteroatoms. The number of amides is 2. The van der Waals surface area contributed by atoms with Crippen molar-refractivity contribution in [2.75, 3.05) is 6.26 Å². The van der Waals surface area contributed by atoms with Crippen molar-refractivity contribution in [1.82, 2.24) is 5.32 Å². The van der Waals surface area contributed by atoms with Crippen molar-refractivity contribution in [2.45, 2.75) is 42.6 Å². The molecule has 1 heterocycles. The summed E-state index contributed by atoms with van der Waals surface area (Å²) in [4.78, 5) is 24.0. The highest BCUT2D eigenvalue weighted by Crippen LogP contribution is 2.44. The van der Waals surface area contributed by atoms with Crippen LogP contribution in [0.4, 0.5) is 9.18 Å². The Kier molecular flexibility index (Phi) is 8.22. The molecule has 2 unspecified atom stereocenters. The van der Waals surface area contributed by atoms with Crippen LogP contribution in [0.15, 0.2) is 83.8 Å². The molecule has 39 heavy (non-hydrogen) atoms. The van der Waals surface area contributed by atoms with Gasteiger partial charge >= 0.3 is 5.97 Å². The van der Waals surface area contributed by atoms with E-state index in [4.69, 9.17) is 14.2 Å². The van der Waals surface area contributed by atoms with E-state index >= 15 is 4.39 Å². The third-order valence-corrected chi connectivity index (χ3v) is 7.91. The molecule has 3 aromatic rings. The molecule has 1 N–H and O–H groups in total. The summed E-state index contributed by atoms with van der Waals surface area (Å²) in [5.41, 5.74) is -0.0803.